The van der Waals surface area contributed by atoms with Crippen molar-refractivity contribution in [2.75, 3.05) is 11.4 Å². The third-order valence-electron chi connectivity index (χ3n) is 6.50. The number of ketones is 1. The third-order valence-corrected chi connectivity index (χ3v) is 6.50. The summed E-state index contributed by atoms with van der Waals surface area (Å²) in [5, 5.41) is 13.1. The minimum absolute atomic E-state index is 0.00182. The van der Waals surface area contributed by atoms with Gasteiger partial charge in [0.2, 0.25) is 17.6 Å². The molecule has 0 unspecified atom stereocenters. The number of nitrogens with one attached hydrogen (secondary N) is 1. The van der Waals surface area contributed by atoms with Gasteiger partial charge in [-0.3, -0.25) is 19.3 Å². The molecule has 8 heteroatoms. The van der Waals surface area contributed by atoms with Gasteiger partial charge in [-0.25, -0.2) is 0 Å². The topological polar surface area (TPSA) is 109 Å². The summed E-state index contributed by atoms with van der Waals surface area (Å²) in [7, 11) is 0. The summed E-state index contributed by atoms with van der Waals surface area (Å²) in [5.41, 5.74) is 1.82. The SMILES string of the molecule is O=C(NC1CC1)C(=O)[C@H]1CN(c2cc(O)cc(OCc3ccccc3)n2)C(=O)[C@@H]1Cc1ccccc1. The quantitative estimate of drug-likeness (QED) is 0.451. The van der Waals surface area contributed by atoms with E-state index in [0.29, 0.717) is 6.42 Å². The second kappa shape index (κ2) is 10.2. The zero-order valence-corrected chi connectivity index (χ0v) is 19.7. The smallest absolute Gasteiger partial charge is 0.287 e. The molecule has 184 valence electrons. The van der Waals surface area contributed by atoms with Crippen molar-refractivity contribution in [3.63, 3.8) is 0 Å². The van der Waals surface area contributed by atoms with Gasteiger partial charge >= 0.3 is 0 Å². The molecule has 0 bridgehead atoms. The number of Topliss-reactive ketones (excluding diaryl/α,β-unsaturated/α-hetero) is 1. The molecule has 2 atom stereocenters. The molecule has 2 aliphatic rings. The molecular formula is C28H27N3O5. The van der Waals surface area contributed by atoms with Crippen molar-refractivity contribution in [2.45, 2.75) is 31.9 Å². The van der Waals surface area contributed by atoms with Gasteiger partial charge in [0.15, 0.2) is 0 Å². The van der Waals surface area contributed by atoms with Gasteiger partial charge in [0.25, 0.3) is 5.91 Å². The number of hydrogen-bond donors (Lipinski definition) is 2. The number of anilines is 1. The third kappa shape index (κ3) is 5.38. The van der Waals surface area contributed by atoms with E-state index >= 15 is 0 Å². The Balaban J connectivity index is 1.39. The fourth-order valence-corrected chi connectivity index (χ4v) is 4.43. The van der Waals surface area contributed by atoms with Gasteiger partial charge in [-0.2, -0.15) is 4.98 Å². The van der Waals surface area contributed by atoms with E-state index in [1.54, 1.807) is 0 Å². The number of amides is 2. The minimum Gasteiger partial charge on any atom is -0.508 e. The number of benzene rings is 2. The summed E-state index contributed by atoms with van der Waals surface area (Å²) in [6, 6.07) is 21.7. The fourth-order valence-electron chi connectivity index (χ4n) is 4.43. The molecule has 2 heterocycles. The number of pyridine rings is 1. The van der Waals surface area contributed by atoms with Crippen LogP contribution in [0.5, 0.6) is 11.6 Å². The number of rotatable bonds is 9. The van der Waals surface area contributed by atoms with Crippen molar-refractivity contribution in [3.8, 4) is 11.6 Å². The molecule has 2 fully saturated rings. The van der Waals surface area contributed by atoms with E-state index in [0.717, 1.165) is 24.0 Å². The zero-order chi connectivity index (χ0) is 25.1. The van der Waals surface area contributed by atoms with Crippen molar-refractivity contribution < 1.29 is 24.2 Å². The van der Waals surface area contributed by atoms with Gasteiger partial charge in [0.1, 0.15) is 18.2 Å². The Labute approximate surface area is 208 Å². The number of hydrogen-bond acceptors (Lipinski definition) is 6. The van der Waals surface area contributed by atoms with E-state index < -0.39 is 23.5 Å². The largest absolute Gasteiger partial charge is 0.508 e. The van der Waals surface area contributed by atoms with Crippen LogP contribution in [0.1, 0.15) is 24.0 Å². The molecule has 1 aliphatic heterocycles. The predicted octanol–water partition coefficient (Wildman–Crippen LogP) is 3.04. The van der Waals surface area contributed by atoms with E-state index in [1.807, 2.05) is 60.7 Å². The van der Waals surface area contributed by atoms with Crippen molar-refractivity contribution in [2.24, 2.45) is 11.8 Å². The maximum atomic E-state index is 13.6. The number of carbonyl (C=O) groups is 3. The lowest BCUT2D eigenvalue weighted by molar-refractivity contribution is -0.141. The van der Waals surface area contributed by atoms with E-state index in [1.165, 1.54) is 17.0 Å². The van der Waals surface area contributed by atoms with Crippen molar-refractivity contribution in [1.29, 1.82) is 0 Å². The van der Waals surface area contributed by atoms with E-state index in [-0.39, 0.29) is 42.5 Å². The van der Waals surface area contributed by atoms with Crippen LogP contribution in [-0.4, -0.2) is 40.3 Å². The molecule has 2 aromatic carbocycles. The van der Waals surface area contributed by atoms with Crippen LogP contribution in [0.15, 0.2) is 72.8 Å². The molecule has 2 N–H and O–H groups in total. The lowest BCUT2D eigenvalue weighted by atomic mass is 9.86. The summed E-state index contributed by atoms with van der Waals surface area (Å²) < 4.78 is 5.75. The normalized spacial score (nSPS) is 19.2. The van der Waals surface area contributed by atoms with Crippen LogP contribution in [0.3, 0.4) is 0 Å². The Morgan fingerprint density at radius 2 is 1.67 bits per heavy atom. The van der Waals surface area contributed by atoms with Gasteiger partial charge in [-0.15, -0.1) is 0 Å². The zero-order valence-electron chi connectivity index (χ0n) is 19.7. The number of aromatic hydroxyl groups is 1. The highest BCUT2D eigenvalue weighted by Gasteiger charge is 2.47. The molecule has 3 aromatic rings. The first-order chi connectivity index (χ1) is 17.5. The fraction of sp³-hybridized carbons (Fsp3) is 0.286. The van der Waals surface area contributed by atoms with E-state index in [9.17, 15) is 19.5 Å². The highest BCUT2D eigenvalue weighted by atomic mass is 16.5. The van der Waals surface area contributed by atoms with Crippen LogP contribution >= 0.6 is 0 Å². The Kier molecular flexibility index (Phi) is 6.66. The Hall–Kier alpha value is -4.20. The van der Waals surface area contributed by atoms with Crippen LogP contribution in [0.2, 0.25) is 0 Å². The molecule has 0 radical (unpaired) electrons. The van der Waals surface area contributed by atoms with Crippen molar-refractivity contribution >= 4 is 23.4 Å². The number of ether oxygens (including phenoxy) is 1. The maximum absolute atomic E-state index is 13.6. The molecule has 2 amide bonds. The molecule has 0 spiro atoms. The van der Waals surface area contributed by atoms with Gasteiger partial charge < -0.3 is 15.2 Å². The second-order valence-corrected chi connectivity index (χ2v) is 9.26. The molecule has 1 aliphatic carbocycles. The van der Waals surface area contributed by atoms with Crippen molar-refractivity contribution in [1.82, 2.24) is 10.3 Å². The maximum Gasteiger partial charge on any atom is 0.287 e. The summed E-state index contributed by atoms with van der Waals surface area (Å²) in [5.74, 6) is -2.89. The lowest BCUT2D eigenvalue weighted by Crippen LogP contribution is -2.39. The average Bonchev–Trinajstić information content (AvgIpc) is 3.65. The van der Waals surface area contributed by atoms with Crippen molar-refractivity contribution in [3.05, 3.63) is 83.9 Å². The first kappa shape index (κ1) is 23.5. The Morgan fingerprint density at radius 1 is 1.00 bits per heavy atom. The predicted molar refractivity (Wildman–Crippen MR) is 132 cm³/mol. The first-order valence-corrected chi connectivity index (χ1v) is 12.1. The monoisotopic (exact) mass is 485 g/mol. The van der Waals surface area contributed by atoms with Gasteiger partial charge in [-0.1, -0.05) is 60.7 Å². The molecule has 1 saturated carbocycles. The molecule has 1 aromatic heterocycles. The minimum atomic E-state index is -0.825. The second-order valence-electron chi connectivity index (χ2n) is 9.26. The number of carbonyl (C=O) groups excluding carboxylic acids is 3. The highest BCUT2D eigenvalue weighted by molar-refractivity contribution is 6.38. The van der Waals surface area contributed by atoms with Crippen LogP contribution in [0.4, 0.5) is 5.82 Å². The first-order valence-electron chi connectivity index (χ1n) is 12.1. The van der Waals surface area contributed by atoms with Crippen LogP contribution < -0.4 is 15.0 Å². The highest BCUT2D eigenvalue weighted by Crippen LogP contribution is 2.34. The summed E-state index contributed by atoms with van der Waals surface area (Å²) in [6.45, 7) is 0.242. The summed E-state index contributed by atoms with van der Waals surface area (Å²) >= 11 is 0. The number of nitrogens with zero attached hydrogens (tertiary/aromatic N) is 2. The van der Waals surface area contributed by atoms with Crippen LogP contribution in [0, 0.1) is 11.8 Å². The van der Waals surface area contributed by atoms with E-state index in [2.05, 4.69) is 10.3 Å². The molecule has 8 nitrogen and oxygen atoms in total. The Bertz CT molecular complexity index is 1260. The Morgan fingerprint density at radius 3 is 2.33 bits per heavy atom. The van der Waals surface area contributed by atoms with Gasteiger partial charge in [0, 0.05) is 24.7 Å². The van der Waals surface area contributed by atoms with Gasteiger partial charge in [0.05, 0.1) is 11.8 Å². The summed E-state index contributed by atoms with van der Waals surface area (Å²) in [6.07, 6.45) is 2.04. The van der Waals surface area contributed by atoms with Gasteiger partial charge in [-0.05, 0) is 30.4 Å². The molecule has 36 heavy (non-hydrogen) atoms. The van der Waals surface area contributed by atoms with Crippen LogP contribution in [-0.2, 0) is 27.4 Å². The molecular weight excluding hydrogens is 458 g/mol. The molecule has 5 rings (SSSR count). The summed E-state index contributed by atoms with van der Waals surface area (Å²) in [4.78, 5) is 45.1. The molecule has 1 saturated heterocycles. The van der Waals surface area contributed by atoms with Crippen LogP contribution in [0.25, 0.3) is 0 Å². The standard InChI is InChI=1S/C28H27N3O5/c32-21-14-24(30-25(15-21)36-17-19-9-5-2-6-10-19)31-16-23(26(33)27(34)29-20-11-12-20)22(28(31)35)13-18-7-3-1-4-8-18/h1-10,14-15,20,22-23H,11-13,16-17H2,(H,29,34)(H,30,32)/t22-,23+/m1/s1. The number of aromatic nitrogens is 1. The average molecular weight is 486 g/mol. The lowest BCUT2D eigenvalue weighted by Gasteiger charge is -2.17. The van der Waals surface area contributed by atoms with E-state index in [4.69, 9.17) is 4.74 Å².